The first-order chi connectivity index (χ1) is 9.70. The summed E-state index contributed by atoms with van der Waals surface area (Å²) in [4.78, 5) is 12.0. The van der Waals surface area contributed by atoms with E-state index in [4.69, 9.17) is 0 Å². The predicted octanol–water partition coefficient (Wildman–Crippen LogP) is 3.30. The summed E-state index contributed by atoms with van der Waals surface area (Å²) in [7, 11) is 0. The summed E-state index contributed by atoms with van der Waals surface area (Å²) >= 11 is 0. The predicted molar refractivity (Wildman–Crippen MR) is 80.3 cm³/mol. The number of hydrogen-bond acceptors (Lipinski definition) is 3. The van der Waals surface area contributed by atoms with Crippen LogP contribution in [-0.4, -0.2) is 20.8 Å². The Hall–Kier alpha value is -2.23. The Balaban J connectivity index is 1.95. The highest BCUT2D eigenvalue weighted by molar-refractivity contribution is 5.81. The number of carbonyl (C=O) groups excluding carboxylic acids is 1. The van der Waals surface area contributed by atoms with E-state index < -0.39 is 0 Å². The largest absolute Gasteiger partial charge is 0.298 e. The van der Waals surface area contributed by atoms with Gasteiger partial charge in [-0.15, -0.1) is 5.10 Å². The van der Waals surface area contributed by atoms with E-state index in [2.05, 4.69) is 10.3 Å². The number of hydrogen-bond donors (Lipinski definition) is 0. The normalized spacial score (nSPS) is 12.4. The van der Waals surface area contributed by atoms with Crippen LogP contribution in [0, 0.1) is 0 Å². The van der Waals surface area contributed by atoms with E-state index in [0.717, 1.165) is 17.5 Å². The molecule has 0 aliphatic rings. The zero-order chi connectivity index (χ0) is 14.4. The van der Waals surface area contributed by atoms with Gasteiger partial charge in [-0.2, -0.15) is 0 Å². The number of allylic oxidation sites excluding steroid dienone is 4. The number of nitrogens with zero attached hydrogens (tertiary/aromatic N) is 3. The number of aromatic nitrogens is 3. The molecule has 0 radical (unpaired) electrons. The molecule has 2 aromatic rings. The second-order valence-electron chi connectivity index (χ2n) is 4.81. The first-order valence-electron chi connectivity index (χ1n) is 6.79. The van der Waals surface area contributed by atoms with Crippen molar-refractivity contribution in [3.05, 3.63) is 48.1 Å². The Kier molecular flexibility index (Phi) is 4.82. The van der Waals surface area contributed by atoms with Crippen molar-refractivity contribution in [1.82, 2.24) is 15.0 Å². The van der Waals surface area contributed by atoms with Crippen molar-refractivity contribution in [1.29, 1.82) is 0 Å². The molecule has 1 heterocycles. The Labute approximate surface area is 118 Å². The second kappa shape index (κ2) is 6.80. The van der Waals surface area contributed by atoms with Crippen molar-refractivity contribution in [2.45, 2.75) is 33.2 Å². The lowest BCUT2D eigenvalue weighted by molar-refractivity contribution is -0.119. The summed E-state index contributed by atoms with van der Waals surface area (Å²) < 4.78 is 1.67. The van der Waals surface area contributed by atoms with Gasteiger partial charge in [-0.1, -0.05) is 41.1 Å². The maximum absolute atomic E-state index is 12.0. The third-order valence-corrected chi connectivity index (χ3v) is 3.12. The molecule has 0 atom stereocenters. The lowest BCUT2D eigenvalue weighted by Gasteiger charge is -2.02. The molecule has 1 aromatic carbocycles. The molecule has 0 aliphatic carbocycles. The fourth-order valence-electron chi connectivity index (χ4n) is 1.96. The van der Waals surface area contributed by atoms with Crippen LogP contribution in [0.1, 0.15) is 26.7 Å². The minimum absolute atomic E-state index is 0.175. The van der Waals surface area contributed by atoms with Crippen molar-refractivity contribution in [3.8, 4) is 0 Å². The average Bonchev–Trinajstić information content (AvgIpc) is 2.86. The average molecular weight is 269 g/mol. The van der Waals surface area contributed by atoms with Crippen LogP contribution < -0.4 is 0 Å². The van der Waals surface area contributed by atoms with Crippen molar-refractivity contribution >= 4 is 16.8 Å². The molecule has 0 amide bonds. The van der Waals surface area contributed by atoms with E-state index in [1.807, 2.05) is 56.3 Å². The van der Waals surface area contributed by atoms with E-state index in [1.165, 1.54) is 5.57 Å². The minimum atomic E-state index is 0.175. The van der Waals surface area contributed by atoms with E-state index in [0.29, 0.717) is 6.42 Å². The first-order valence-corrected chi connectivity index (χ1v) is 6.79. The zero-order valence-corrected chi connectivity index (χ0v) is 11.9. The minimum Gasteiger partial charge on any atom is -0.298 e. The maximum Gasteiger partial charge on any atom is 0.154 e. The molecule has 0 N–H and O–H groups in total. The van der Waals surface area contributed by atoms with Gasteiger partial charge in [-0.25, -0.2) is 4.68 Å². The standard InChI is InChI=1S/C16H19N3O/c1-3-4-7-13(2)10-11-14(20)12-19-16-9-6-5-8-15(16)17-18-19/h3-9H,10-12H2,1-2H3/b4-3-,13-7+. The lowest BCUT2D eigenvalue weighted by Crippen LogP contribution is -2.11. The number of carbonyl (C=O) groups is 1. The van der Waals surface area contributed by atoms with Gasteiger partial charge in [-0.05, 0) is 32.4 Å². The molecular weight excluding hydrogens is 250 g/mol. The molecule has 0 saturated heterocycles. The van der Waals surface area contributed by atoms with Gasteiger partial charge in [0.05, 0.1) is 5.52 Å². The molecule has 20 heavy (non-hydrogen) atoms. The summed E-state index contributed by atoms with van der Waals surface area (Å²) in [6.45, 7) is 4.31. The van der Waals surface area contributed by atoms with Gasteiger partial charge in [0, 0.05) is 6.42 Å². The van der Waals surface area contributed by atoms with Gasteiger partial charge < -0.3 is 0 Å². The number of fused-ring (bicyclic) bond motifs is 1. The van der Waals surface area contributed by atoms with Crippen molar-refractivity contribution in [2.24, 2.45) is 0 Å². The van der Waals surface area contributed by atoms with Gasteiger partial charge in [0.25, 0.3) is 0 Å². The highest BCUT2D eigenvalue weighted by Gasteiger charge is 2.08. The molecule has 0 unspecified atom stereocenters. The molecular formula is C16H19N3O. The summed E-state index contributed by atoms with van der Waals surface area (Å²) in [5, 5.41) is 8.08. The van der Waals surface area contributed by atoms with E-state index in [1.54, 1.807) is 4.68 Å². The molecule has 4 nitrogen and oxygen atoms in total. The number of benzene rings is 1. The van der Waals surface area contributed by atoms with Crippen LogP contribution in [0.5, 0.6) is 0 Å². The molecule has 1 aromatic heterocycles. The summed E-state index contributed by atoms with van der Waals surface area (Å²) in [6.07, 6.45) is 7.33. The highest BCUT2D eigenvalue weighted by atomic mass is 16.1. The van der Waals surface area contributed by atoms with Gasteiger partial charge in [0.1, 0.15) is 12.1 Å². The highest BCUT2D eigenvalue weighted by Crippen LogP contribution is 2.11. The van der Waals surface area contributed by atoms with Gasteiger partial charge in [0.15, 0.2) is 5.78 Å². The Bertz CT molecular complexity index is 653. The van der Waals surface area contributed by atoms with Crippen LogP contribution in [0.2, 0.25) is 0 Å². The molecule has 2 rings (SSSR count). The first kappa shape index (κ1) is 14.2. The molecule has 0 bridgehead atoms. The fraction of sp³-hybridized carbons (Fsp3) is 0.312. The third kappa shape index (κ3) is 3.63. The third-order valence-electron chi connectivity index (χ3n) is 3.12. The fourth-order valence-corrected chi connectivity index (χ4v) is 1.96. The lowest BCUT2D eigenvalue weighted by atomic mass is 10.1. The maximum atomic E-state index is 12.0. The quantitative estimate of drug-likeness (QED) is 0.756. The van der Waals surface area contributed by atoms with E-state index in [9.17, 15) is 4.79 Å². The van der Waals surface area contributed by atoms with Crippen molar-refractivity contribution in [2.75, 3.05) is 0 Å². The summed E-state index contributed by atoms with van der Waals surface area (Å²) in [5.74, 6) is 0.175. The van der Waals surface area contributed by atoms with Crippen molar-refractivity contribution in [3.63, 3.8) is 0 Å². The number of rotatable bonds is 6. The number of Topliss-reactive ketones (excluding diaryl/α,β-unsaturated/α-hetero) is 1. The van der Waals surface area contributed by atoms with E-state index >= 15 is 0 Å². The van der Waals surface area contributed by atoms with Crippen LogP contribution in [-0.2, 0) is 11.3 Å². The Morgan fingerprint density at radius 1 is 1.30 bits per heavy atom. The van der Waals surface area contributed by atoms with Gasteiger partial charge in [0.2, 0.25) is 0 Å². The molecule has 0 spiro atoms. The Morgan fingerprint density at radius 2 is 2.10 bits per heavy atom. The van der Waals surface area contributed by atoms with Crippen LogP contribution in [0.15, 0.2) is 48.1 Å². The smallest absolute Gasteiger partial charge is 0.154 e. The molecule has 0 fully saturated rings. The number of ketones is 1. The molecule has 0 aliphatic heterocycles. The summed E-state index contributed by atoms with van der Waals surface area (Å²) in [6, 6.07) is 7.67. The van der Waals surface area contributed by atoms with Gasteiger partial charge >= 0.3 is 0 Å². The van der Waals surface area contributed by atoms with Gasteiger partial charge in [-0.3, -0.25) is 4.79 Å². The second-order valence-corrected chi connectivity index (χ2v) is 4.81. The number of para-hydroxylation sites is 1. The topological polar surface area (TPSA) is 47.8 Å². The SMILES string of the molecule is C/C=C\C=C(/C)CCC(=O)Cn1nnc2ccccc21. The molecule has 4 heteroatoms. The van der Waals surface area contributed by atoms with Crippen molar-refractivity contribution < 1.29 is 4.79 Å². The monoisotopic (exact) mass is 269 g/mol. The molecule has 0 saturated carbocycles. The van der Waals surface area contributed by atoms with Crippen LogP contribution in [0.25, 0.3) is 11.0 Å². The van der Waals surface area contributed by atoms with Crippen LogP contribution in [0.4, 0.5) is 0 Å². The van der Waals surface area contributed by atoms with Crippen LogP contribution >= 0.6 is 0 Å². The van der Waals surface area contributed by atoms with Crippen LogP contribution in [0.3, 0.4) is 0 Å². The summed E-state index contributed by atoms with van der Waals surface area (Å²) in [5.41, 5.74) is 2.94. The van der Waals surface area contributed by atoms with E-state index in [-0.39, 0.29) is 12.3 Å². The zero-order valence-electron chi connectivity index (χ0n) is 11.9. The Morgan fingerprint density at radius 3 is 2.90 bits per heavy atom. The molecule has 104 valence electrons.